The molecule has 1 fully saturated rings. The SMILES string of the molecule is CCN1CCC(CNC(=O)c2ccc(F)c(Br)c2)C1. The van der Waals surface area contributed by atoms with Gasteiger partial charge >= 0.3 is 0 Å². The molecule has 104 valence electrons. The number of nitrogens with one attached hydrogen (secondary N) is 1. The molecule has 3 nitrogen and oxygen atoms in total. The average Bonchev–Trinajstić information content (AvgIpc) is 2.87. The van der Waals surface area contributed by atoms with Crippen LogP contribution in [-0.4, -0.2) is 37.0 Å². The standard InChI is InChI=1S/C14H18BrFN2O/c1-2-18-6-5-10(9-18)8-17-14(19)11-3-4-13(16)12(15)7-11/h3-4,7,10H,2,5-6,8-9H2,1H3,(H,17,19). The highest BCUT2D eigenvalue weighted by atomic mass is 79.9. The predicted molar refractivity (Wildman–Crippen MR) is 76.7 cm³/mol. The molecular formula is C14H18BrFN2O. The Morgan fingerprint density at radius 2 is 2.37 bits per heavy atom. The first kappa shape index (κ1) is 14.5. The molecule has 0 saturated carbocycles. The van der Waals surface area contributed by atoms with Gasteiger partial charge in [-0.05, 0) is 59.6 Å². The van der Waals surface area contributed by atoms with E-state index < -0.39 is 0 Å². The number of hydrogen-bond donors (Lipinski definition) is 1. The fourth-order valence-corrected chi connectivity index (χ4v) is 2.72. The van der Waals surface area contributed by atoms with E-state index in [0.29, 0.717) is 22.5 Å². The van der Waals surface area contributed by atoms with Crippen molar-refractivity contribution in [3.63, 3.8) is 0 Å². The molecule has 1 aliphatic heterocycles. The summed E-state index contributed by atoms with van der Waals surface area (Å²) in [6.45, 7) is 6.06. The Bertz CT molecular complexity index is 467. The lowest BCUT2D eigenvalue weighted by Gasteiger charge is -2.13. The van der Waals surface area contributed by atoms with Crippen LogP contribution in [0.2, 0.25) is 0 Å². The van der Waals surface area contributed by atoms with Crippen LogP contribution >= 0.6 is 15.9 Å². The van der Waals surface area contributed by atoms with Gasteiger partial charge in [0.15, 0.2) is 0 Å². The summed E-state index contributed by atoms with van der Waals surface area (Å²) in [5.74, 6) is 0.0226. The molecule has 0 aliphatic carbocycles. The van der Waals surface area contributed by atoms with E-state index in [1.165, 1.54) is 18.2 Å². The summed E-state index contributed by atoms with van der Waals surface area (Å²) in [5, 5.41) is 2.92. The van der Waals surface area contributed by atoms with E-state index in [9.17, 15) is 9.18 Å². The molecule has 1 unspecified atom stereocenters. The third-order valence-electron chi connectivity index (χ3n) is 3.55. The van der Waals surface area contributed by atoms with Crippen LogP contribution in [-0.2, 0) is 0 Å². The Morgan fingerprint density at radius 3 is 3.00 bits per heavy atom. The van der Waals surface area contributed by atoms with Gasteiger partial charge in [-0.15, -0.1) is 0 Å². The summed E-state index contributed by atoms with van der Waals surface area (Å²) in [4.78, 5) is 14.3. The molecule has 0 radical (unpaired) electrons. The number of carbonyl (C=O) groups is 1. The maximum absolute atomic E-state index is 13.1. The molecule has 1 aromatic rings. The molecule has 2 rings (SSSR count). The molecule has 1 N–H and O–H groups in total. The summed E-state index contributed by atoms with van der Waals surface area (Å²) < 4.78 is 13.4. The number of carbonyl (C=O) groups excluding carboxylic acids is 1. The van der Waals surface area contributed by atoms with Crippen LogP contribution in [0.3, 0.4) is 0 Å². The molecule has 0 aromatic heterocycles. The zero-order valence-electron chi connectivity index (χ0n) is 11.0. The molecule has 0 spiro atoms. The van der Waals surface area contributed by atoms with Gasteiger partial charge in [0.2, 0.25) is 0 Å². The molecule has 1 aliphatic rings. The molecule has 0 bridgehead atoms. The molecule has 1 amide bonds. The van der Waals surface area contributed by atoms with Crippen molar-refractivity contribution in [2.75, 3.05) is 26.2 Å². The Balaban J connectivity index is 1.86. The average molecular weight is 329 g/mol. The maximum Gasteiger partial charge on any atom is 0.251 e. The molecule has 1 atom stereocenters. The third-order valence-corrected chi connectivity index (χ3v) is 4.16. The number of halogens is 2. The minimum Gasteiger partial charge on any atom is -0.352 e. The number of hydrogen-bond acceptors (Lipinski definition) is 2. The Hall–Kier alpha value is -0.940. The van der Waals surface area contributed by atoms with Gasteiger partial charge in [-0.3, -0.25) is 4.79 Å². The van der Waals surface area contributed by atoms with Gasteiger partial charge < -0.3 is 10.2 Å². The van der Waals surface area contributed by atoms with Gasteiger partial charge in [-0.25, -0.2) is 4.39 Å². The van der Waals surface area contributed by atoms with Gasteiger partial charge in [0.05, 0.1) is 4.47 Å². The van der Waals surface area contributed by atoms with Crippen molar-refractivity contribution in [2.24, 2.45) is 5.92 Å². The van der Waals surface area contributed by atoms with Crippen LogP contribution in [0.4, 0.5) is 4.39 Å². The minimum atomic E-state index is -0.356. The summed E-state index contributed by atoms with van der Waals surface area (Å²) >= 11 is 3.09. The quantitative estimate of drug-likeness (QED) is 0.921. The second-order valence-corrected chi connectivity index (χ2v) is 5.74. The number of amides is 1. The molecule has 1 saturated heterocycles. The number of likely N-dealkylation sites (tertiary alicyclic amines) is 1. The lowest BCUT2D eigenvalue weighted by molar-refractivity contribution is 0.0947. The van der Waals surface area contributed by atoms with Gasteiger partial charge in [0, 0.05) is 18.7 Å². The third kappa shape index (κ3) is 3.76. The normalized spacial score (nSPS) is 19.6. The van der Waals surface area contributed by atoms with Crippen LogP contribution in [0.1, 0.15) is 23.7 Å². The zero-order valence-corrected chi connectivity index (χ0v) is 12.5. The highest BCUT2D eigenvalue weighted by Crippen LogP contribution is 2.17. The second-order valence-electron chi connectivity index (χ2n) is 4.89. The molecule has 5 heteroatoms. The summed E-state index contributed by atoms with van der Waals surface area (Å²) in [7, 11) is 0. The Labute approximate surface area is 121 Å². The van der Waals surface area contributed by atoms with Gasteiger partial charge in [0.1, 0.15) is 5.82 Å². The van der Waals surface area contributed by atoms with Gasteiger partial charge in [-0.1, -0.05) is 6.92 Å². The highest BCUT2D eigenvalue weighted by molar-refractivity contribution is 9.10. The minimum absolute atomic E-state index is 0.143. The fraction of sp³-hybridized carbons (Fsp3) is 0.500. The number of nitrogens with zero attached hydrogens (tertiary/aromatic N) is 1. The first-order valence-corrected chi connectivity index (χ1v) is 7.35. The Kier molecular flexibility index (Phi) is 4.93. The largest absolute Gasteiger partial charge is 0.352 e. The maximum atomic E-state index is 13.1. The van der Waals surface area contributed by atoms with E-state index >= 15 is 0 Å². The van der Waals surface area contributed by atoms with Crippen LogP contribution in [0, 0.1) is 11.7 Å². The van der Waals surface area contributed by atoms with Crippen molar-refractivity contribution in [2.45, 2.75) is 13.3 Å². The first-order chi connectivity index (χ1) is 9.10. The van der Waals surface area contributed by atoms with E-state index in [1.54, 1.807) is 0 Å². The smallest absolute Gasteiger partial charge is 0.251 e. The number of benzene rings is 1. The van der Waals surface area contributed by atoms with E-state index in [2.05, 4.69) is 33.1 Å². The lowest BCUT2D eigenvalue weighted by Crippen LogP contribution is -2.31. The summed E-state index contributed by atoms with van der Waals surface area (Å²) in [6.07, 6.45) is 1.13. The van der Waals surface area contributed by atoms with Crippen molar-refractivity contribution in [3.8, 4) is 0 Å². The monoisotopic (exact) mass is 328 g/mol. The molecule has 1 aromatic carbocycles. The van der Waals surface area contributed by atoms with Crippen LogP contribution in [0.25, 0.3) is 0 Å². The molecule has 19 heavy (non-hydrogen) atoms. The van der Waals surface area contributed by atoms with Crippen molar-refractivity contribution in [1.82, 2.24) is 10.2 Å². The first-order valence-electron chi connectivity index (χ1n) is 6.55. The topological polar surface area (TPSA) is 32.3 Å². The summed E-state index contributed by atoms with van der Waals surface area (Å²) in [5.41, 5.74) is 0.485. The van der Waals surface area contributed by atoms with E-state index in [-0.39, 0.29) is 11.7 Å². The molecule has 1 heterocycles. The van der Waals surface area contributed by atoms with E-state index in [4.69, 9.17) is 0 Å². The zero-order chi connectivity index (χ0) is 13.8. The van der Waals surface area contributed by atoms with E-state index in [1.807, 2.05) is 0 Å². The lowest BCUT2D eigenvalue weighted by atomic mass is 10.1. The van der Waals surface area contributed by atoms with Crippen LogP contribution < -0.4 is 5.32 Å². The van der Waals surface area contributed by atoms with Crippen molar-refractivity contribution in [1.29, 1.82) is 0 Å². The molecular weight excluding hydrogens is 311 g/mol. The van der Waals surface area contributed by atoms with E-state index in [0.717, 1.165) is 26.1 Å². The predicted octanol–water partition coefficient (Wildman–Crippen LogP) is 2.66. The second kappa shape index (κ2) is 6.48. The fourth-order valence-electron chi connectivity index (χ4n) is 2.34. The van der Waals surface area contributed by atoms with Gasteiger partial charge in [-0.2, -0.15) is 0 Å². The summed E-state index contributed by atoms with van der Waals surface area (Å²) in [6, 6.07) is 4.31. The highest BCUT2D eigenvalue weighted by Gasteiger charge is 2.21. The van der Waals surface area contributed by atoms with Crippen molar-refractivity contribution < 1.29 is 9.18 Å². The Morgan fingerprint density at radius 1 is 1.58 bits per heavy atom. The van der Waals surface area contributed by atoms with Crippen molar-refractivity contribution in [3.05, 3.63) is 34.1 Å². The number of rotatable bonds is 4. The van der Waals surface area contributed by atoms with Crippen LogP contribution in [0.15, 0.2) is 22.7 Å². The van der Waals surface area contributed by atoms with Crippen molar-refractivity contribution >= 4 is 21.8 Å². The van der Waals surface area contributed by atoms with Gasteiger partial charge in [0.25, 0.3) is 5.91 Å². The van der Waals surface area contributed by atoms with Crippen LogP contribution in [0.5, 0.6) is 0 Å².